The lowest BCUT2D eigenvalue weighted by molar-refractivity contribution is 0.475. The SMILES string of the molecule is Nc1nc(Nc2cccc(O)c2)nc2c1cnn2-c1ccccc1. The van der Waals surface area contributed by atoms with Gasteiger partial charge in [0.15, 0.2) is 5.65 Å². The van der Waals surface area contributed by atoms with Gasteiger partial charge in [0.05, 0.1) is 17.3 Å². The number of phenols is 1. The summed E-state index contributed by atoms with van der Waals surface area (Å²) in [4.78, 5) is 8.77. The molecule has 4 aromatic rings. The lowest BCUT2D eigenvalue weighted by Crippen LogP contribution is -2.03. The summed E-state index contributed by atoms with van der Waals surface area (Å²) >= 11 is 0. The molecule has 7 nitrogen and oxygen atoms in total. The minimum Gasteiger partial charge on any atom is -0.508 e. The zero-order valence-electron chi connectivity index (χ0n) is 12.6. The lowest BCUT2D eigenvalue weighted by Gasteiger charge is -2.08. The van der Waals surface area contributed by atoms with E-state index in [1.54, 1.807) is 35.1 Å². The molecular weight excluding hydrogens is 304 g/mol. The summed E-state index contributed by atoms with van der Waals surface area (Å²) in [6.07, 6.45) is 1.65. The molecule has 24 heavy (non-hydrogen) atoms. The highest BCUT2D eigenvalue weighted by Crippen LogP contribution is 2.24. The summed E-state index contributed by atoms with van der Waals surface area (Å²) in [6.45, 7) is 0. The van der Waals surface area contributed by atoms with Gasteiger partial charge in [0.25, 0.3) is 0 Å². The Balaban J connectivity index is 1.81. The lowest BCUT2D eigenvalue weighted by atomic mass is 10.3. The molecule has 0 aliphatic heterocycles. The Hall–Kier alpha value is -3.61. The molecule has 0 aliphatic carbocycles. The second-order valence-corrected chi connectivity index (χ2v) is 5.24. The molecule has 0 saturated carbocycles. The van der Waals surface area contributed by atoms with Crippen molar-refractivity contribution in [1.29, 1.82) is 0 Å². The Morgan fingerprint density at radius 1 is 1.00 bits per heavy atom. The zero-order valence-corrected chi connectivity index (χ0v) is 12.6. The van der Waals surface area contributed by atoms with Crippen LogP contribution in [0.2, 0.25) is 0 Å². The van der Waals surface area contributed by atoms with Crippen molar-refractivity contribution in [3.05, 3.63) is 60.8 Å². The molecule has 118 valence electrons. The van der Waals surface area contributed by atoms with E-state index in [1.807, 2.05) is 30.3 Å². The molecule has 0 saturated heterocycles. The maximum Gasteiger partial charge on any atom is 0.231 e. The highest BCUT2D eigenvalue weighted by molar-refractivity contribution is 5.87. The van der Waals surface area contributed by atoms with Crippen molar-refractivity contribution >= 4 is 28.5 Å². The van der Waals surface area contributed by atoms with Crippen LogP contribution in [0.4, 0.5) is 17.5 Å². The number of benzene rings is 2. The van der Waals surface area contributed by atoms with E-state index < -0.39 is 0 Å². The normalized spacial score (nSPS) is 10.8. The highest BCUT2D eigenvalue weighted by Gasteiger charge is 2.12. The van der Waals surface area contributed by atoms with Crippen molar-refractivity contribution in [1.82, 2.24) is 19.7 Å². The molecule has 0 fully saturated rings. The number of hydrogen-bond donors (Lipinski definition) is 3. The van der Waals surface area contributed by atoms with Gasteiger partial charge in [-0.25, -0.2) is 4.68 Å². The van der Waals surface area contributed by atoms with Crippen LogP contribution in [0.15, 0.2) is 60.8 Å². The molecular formula is C17H14N6O. The van der Waals surface area contributed by atoms with Crippen molar-refractivity contribution in [2.24, 2.45) is 0 Å². The number of fused-ring (bicyclic) bond motifs is 1. The van der Waals surface area contributed by atoms with Crippen LogP contribution in [0.5, 0.6) is 5.75 Å². The quantitative estimate of drug-likeness (QED) is 0.537. The van der Waals surface area contributed by atoms with Gasteiger partial charge in [-0.2, -0.15) is 15.1 Å². The van der Waals surface area contributed by atoms with Crippen LogP contribution in [0.25, 0.3) is 16.7 Å². The number of nitrogen functional groups attached to an aromatic ring is 1. The van der Waals surface area contributed by atoms with Crippen LogP contribution in [0.3, 0.4) is 0 Å². The summed E-state index contributed by atoms with van der Waals surface area (Å²) in [5, 5.41) is 17.6. The molecule has 0 aliphatic rings. The van der Waals surface area contributed by atoms with Crippen molar-refractivity contribution in [2.45, 2.75) is 0 Å². The summed E-state index contributed by atoms with van der Waals surface area (Å²) in [6, 6.07) is 16.4. The maximum atomic E-state index is 9.56. The number of hydrogen-bond acceptors (Lipinski definition) is 6. The van der Waals surface area contributed by atoms with E-state index in [2.05, 4.69) is 20.4 Å². The van der Waals surface area contributed by atoms with Gasteiger partial charge in [-0.3, -0.25) is 0 Å². The summed E-state index contributed by atoms with van der Waals surface area (Å²) in [7, 11) is 0. The molecule has 2 aromatic heterocycles. The summed E-state index contributed by atoms with van der Waals surface area (Å²) in [5.74, 6) is 0.830. The largest absolute Gasteiger partial charge is 0.508 e. The van der Waals surface area contributed by atoms with Gasteiger partial charge >= 0.3 is 0 Å². The van der Waals surface area contributed by atoms with E-state index in [0.29, 0.717) is 28.5 Å². The first kappa shape index (κ1) is 14.0. The zero-order chi connectivity index (χ0) is 16.5. The van der Waals surface area contributed by atoms with E-state index in [4.69, 9.17) is 5.73 Å². The summed E-state index contributed by atoms with van der Waals surface area (Å²) < 4.78 is 1.71. The van der Waals surface area contributed by atoms with Gasteiger partial charge in [-0.1, -0.05) is 24.3 Å². The average Bonchev–Trinajstić information content (AvgIpc) is 3.00. The number of aromatic nitrogens is 4. The smallest absolute Gasteiger partial charge is 0.231 e. The molecule has 7 heteroatoms. The molecule has 0 radical (unpaired) electrons. The second kappa shape index (κ2) is 5.54. The molecule has 0 atom stereocenters. The molecule has 2 heterocycles. The summed E-state index contributed by atoms with van der Waals surface area (Å²) in [5.41, 5.74) is 8.20. The molecule has 4 rings (SSSR count). The number of aromatic hydroxyl groups is 1. The van der Waals surface area contributed by atoms with E-state index in [0.717, 1.165) is 5.69 Å². The number of nitrogens with zero attached hydrogens (tertiary/aromatic N) is 4. The van der Waals surface area contributed by atoms with Gasteiger partial charge in [0.2, 0.25) is 5.95 Å². The van der Waals surface area contributed by atoms with Crippen LogP contribution in [-0.4, -0.2) is 24.9 Å². The third kappa shape index (κ3) is 2.48. The Labute approximate surface area is 137 Å². The molecule has 0 spiro atoms. The first-order chi connectivity index (χ1) is 11.7. The monoisotopic (exact) mass is 318 g/mol. The maximum absolute atomic E-state index is 9.56. The molecule has 4 N–H and O–H groups in total. The van der Waals surface area contributed by atoms with Crippen molar-refractivity contribution in [2.75, 3.05) is 11.1 Å². The number of rotatable bonds is 3. The fourth-order valence-corrected chi connectivity index (χ4v) is 2.46. The van der Waals surface area contributed by atoms with Gasteiger partial charge in [-0.05, 0) is 24.3 Å². The average molecular weight is 318 g/mol. The predicted octanol–water partition coefficient (Wildman–Crippen LogP) is 2.85. The van der Waals surface area contributed by atoms with Crippen molar-refractivity contribution in [3.63, 3.8) is 0 Å². The van der Waals surface area contributed by atoms with E-state index >= 15 is 0 Å². The van der Waals surface area contributed by atoms with E-state index in [-0.39, 0.29) is 5.75 Å². The van der Waals surface area contributed by atoms with Gasteiger partial charge in [0.1, 0.15) is 11.6 Å². The molecule has 0 amide bonds. The first-order valence-corrected chi connectivity index (χ1v) is 7.33. The molecule has 0 unspecified atom stereocenters. The minimum absolute atomic E-state index is 0.156. The molecule has 0 bridgehead atoms. The highest BCUT2D eigenvalue weighted by atomic mass is 16.3. The van der Waals surface area contributed by atoms with E-state index in [1.165, 1.54) is 0 Å². The van der Waals surface area contributed by atoms with Crippen LogP contribution in [0.1, 0.15) is 0 Å². The van der Waals surface area contributed by atoms with Gasteiger partial charge in [-0.15, -0.1) is 0 Å². The standard InChI is InChI=1S/C17H14N6O/c18-15-14-10-19-23(12-6-2-1-3-7-12)16(14)22-17(21-15)20-11-5-4-8-13(24)9-11/h1-10,24H,(H3,18,20,21,22). The Kier molecular flexibility index (Phi) is 3.24. The van der Waals surface area contributed by atoms with Gasteiger partial charge < -0.3 is 16.2 Å². The number of nitrogens with one attached hydrogen (secondary N) is 1. The predicted molar refractivity (Wildman–Crippen MR) is 92.5 cm³/mol. The van der Waals surface area contributed by atoms with Crippen LogP contribution >= 0.6 is 0 Å². The Morgan fingerprint density at radius 2 is 1.83 bits per heavy atom. The Morgan fingerprint density at radius 3 is 2.62 bits per heavy atom. The third-order valence-corrected chi connectivity index (χ3v) is 3.56. The second-order valence-electron chi connectivity index (χ2n) is 5.24. The number of para-hydroxylation sites is 1. The number of nitrogens with two attached hydrogens (primary N) is 1. The van der Waals surface area contributed by atoms with E-state index in [9.17, 15) is 5.11 Å². The van der Waals surface area contributed by atoms with Crippen molar-refractivity contribution < 1.29 is 5.11 Å². The number of anilines is 3. The topological polar surface area (TPSA) is 102 Å². The first-order valence-electron chi connectivity index (χ1n) is 7.33. The number of phenolic OH excluding ortho intramolecular Hbond substituents is 1. The fraction of sp³-hybridized carbons (Fsp3) is 0. The van der Waals surface area contributed by atoms with Crippen LogP contribution in [0, 0.1) is 0 Å². The van der Waals surface area contributed by atoms with Gasteiger partial charge in [0, 0.05) is 11.8 Å². The van der Waals surface area contributed by atoms with Crippen LogP contribution in [-0.2, 0) is 0 Å². The molecule has 2 aromatic carbocycles. The minimum atomic E-state index is 0.156. The fourth-order valence-electron chi connectivity index (χ4n) is 2.46. The Bertz CT molecular complexity index is 1010. The van der Waals surface area contributed by atoms with Crippen LogP contribution < -0.4 is 11.1 Å². The third-order valence-electron chi connectivity index (χ3n) is 3.56. The van der Waals surface area contributed by atoms with Crippen molar-refractivity contribution in [3.8, 4) is 11.4 Å².